The molecule has 0 bridgehead atoms. The van der Waals surface area contributed by atoms with E-state index in [-0.39, 0.29) is 40.9 Å². The number of amides is 2. The molecule has 2 aliphatic rings. The van der Waals surface area contributed by atoms with E-state index in [1.165, 1.54) is 12.3 Å². The standard InChI is InChI=1S/C24H29BrN6O5/c1-15-13-30(6-7-36-15)24(33)20-9-17(25)10-21(31(34)35)22(20)28-18-4-3-5-29(14-18)23(32)16-8-19(26-2)12-27-11-16/h8-12,15,18,26,28H,3-7,13-14H2,1-2H3/t15-,18-/m1/s1. The number of nitro groups is 1. The Bertz CT molecular complexity index is 1160. The first-order chi connectivity index (χ1) is 17.3. The first-order valence-electron chi connectivity index (χ1n) is 11.8. The first-order valence-corrected chi connectivity index (χ1v) is 12.6. The number of halogens is 1. The van der Waals surface area contributed by atoms with Crippen LogP contribution < -0.4 is 10.6 Å². The van der Waals surface area contributed by atoms with Gasteiger partial charge < -0.3 is 25.2 Å². The lowest BCUT2D eigenvalue weighted by molar-refractivity contribution is -0.384. The third-order valence-corrected chi connectivity index (χ3v) is 6.83. The summed E-state index contributed by atoms with van der Waals surface area (Å²) in [5.74, 6) is -0.453. The minimum atomic E-state index is -0.494. The van der Waals surface area contributed by atoms with Gasteiger partial charge in [-0.25, -0.2) is 0 Å². The van der Waals surface area contributed by atoms with E-state index in [1.807, 2.05) is 6.92 Å². The third kappa shape index (κ3) is 5.76. The van der Waals surface area contributed by atoms with Crippen LogP contribution in [0.25, 0.3) is 0 Å². The van der Waals surface area contributed by atoms with Gasteiger partial charge in [0, 0.05) is 62.2 Å². The summed E-state index contributed by atoms with van der Waals surface area (Å²) in [5.41, 5.74) is 1.40. The molecule has 4 rings (SSSR count). The van der Waals surface area contributed by atoms with Crippen molar-refractivity contribution in [1.29, 1.82) is 0 Å². The van der Waals surface area contributed by atoms with Crippen molar-refractivity contribution in [3.05, 3.63) is 56.3 Å². The van der Waals surface area contributed by atoms with E-state index in [4.69, 9.17) is 4.74 Å². The maximum absolute atomic E-state index is 13.5. The summed E-state index contributed by atoms with van der Waals surface area (Å²) in [6.07, 6.45) is 4.47. The number of aromatic nitrogens is 1. The van der Waals surface area contributed by atoms with Crippen LogP contribution in [0.4, 0.5) is 17.1 Å². The highest BCUT2D eigenvalue weighted by atomic mass is 79.9. The second-order valence-corrected chi connectivity index (χ2v) is 9.90. The van der Waals surface area contributed by atoms with Crippen LogP contribution in [0, 0.1) is 10.1 Å². The highest BCUT2D eigenvalue weighted by Gasteiger charge is 2.32. The van der Waals surface area contributed by atoms with E-state index in [9.17, 15) is 19.7 Å². The summed E-state index contributed by atoms with van der Waals surface area (Å²) < 4.78 is 5.99. The van der Waals surface area contributed by atoms with Gasteiger partial charge in [-0.15, -0.1) is 0 Å². The number of benzene rings is 1. The Labute approximate surface area is 217 Å². The SMILES string of the molecule is CNc1cncc(C(=O)N2CCC[C@@H](Nc3c(C(=O)N4CCO[C@H](C)C4)cc(Br)cc3[N+](=O)[O-])C2)c1. The minimum Gasteiger partial charge on any atom is -0.387 e. The number of hydrogen-bond acceptors (Lipinski definition) is 8. The van der Waals surface area contributed by atoms with E-state index in [0.29, 0.717) is 49.2 Å². The molecule has 2 aromatic rings. The van der Waals surface area contributed by atoms with Crippen LogP contribution >= 0.6 is 15.9 Å². The highest BCUT2D eigenvalue weighted by molar-refractivity contribution is 9.10. The smallest absolute Gasteiger partial charge is 0.294 e. The van der Waals surface area contributed by atoms with Gasteiger partial charge in [-0.3, -0.25) is 24.7 Å². The number of nitrogens with zero attached hydrogens (tertiary/aromatic N) is 4. The average Bonchev–Trinajstić information content (AvgIpc) is 2.88. The van der Waals surface area contributed by atoms with Gasteiger partial charge in [0.25, 0.3) is 17.5 Å². The lowest BCUT2D eigenvalue weighted by Gasteiger charge is -2.35. The molecule has 0 radical (unpaired) electrons. The largest absolute Gasteiger partial charge is 0.387 e. The molecule has 3 heterocycles. The molecular formula is C24H29BrN6O5. The molecular weight excluding hydrogens is 532 g/mol. The molecule has 0 saturated carbocycles. The first kappa shape index (κ1) is 25.8. The van der Waals surface area contributed by atoms with Crippen molar-refractivity contribution in [2.24, 2.45) is 0 Å². The van der Waals surface area contributed by atoms with Crippen molar-refractivity contribution in [2.75, 3.05) is 50.5 Å². The van der Waals surface area contributed by atoms with Crippen LogP contribution in [0.1, 0.15) is 40.5 Å². The molecule has 2 atom stereocenters. The molecule has 36 heavy (non-hydrogen) atoms. The summed E-state index contributed by atoms with van der Waals surface area (Å²) in [6, 6.07) is 4.48. The summed E-state index contributed by atoms with van der Waals surface area (Å²) >= 11 is 3.32. The summed E-state index contributed by atoms with van der Waals surface area (Å²) in [7, 11) is 1.76. The highest BCUT2D eigenvalue weighted by Crippen LogP contribution is 2.35. The molecule has 0 spiro atoms. The number of nitro benzene ring substituents is 1. The number of hydrogen-bond donors (Lipinski definition) is 2. The molecule has 1 aromatic heterocycles. The van der Waals surface area contributed by atoms with Crippen LogP contribution in [-0.4, -0.2) is 83.5 Å². The van der Waals surface area contributed by atoms with Gasteiger partial charge in [-0.2, -0.15) is 0 Å². The fourth-order valence-corrected chi connectivity index (χ4v) is 5.04. The van der Waals surface area contributed by atoms with Gasteiger partial charge in [-0.05, 0) is 31.9 Å². The van der Waals surface area contributed by atoms with E-state index in [0.717, 1.165) is 12.1 Å². The van der Waals surface area contributed by atoms with Crippen molar-refractivity contribution in [3.8, 4) is 0 Å². The zero-order valence-corrected chi connectivity index (χ0v) is 21.8. The molecule has 2 amide bonds. The van der Waals surface area contributed by atoms with Gasteiger partial charge in [0.2, 0.25) is 0 Å². The van der Waals surface area contributed by atoms with Crippen LogP contribution in [0.5, 0.6) is 0 Å². The third-order valence-electron chi connectivity index (χ3n) is 6.37. The quantitative estimate of drug-likeness (QED) is 0.406. The van der Waals surface area contributed by atoms with Crippen molar-refractivity contribution in [1.82, 2.24) is 14.8 Å². The normalized spacial score (nSPS) is 20.1. The molecule has 2 saturated heterocycles. The van der Waals surface area contributed by atoms with Gasteiger partial charge in [0.15, 0.2) is 0 Å². The Morgan fingerprint density at radius 3 is 2.67 bits per heavy atom. The fourth-order valence-electron chi connectivity index (χ4n) is 4.59. The lowest BCUT2D eigenvalue weighted by Crippen LogP contribution is -2.46. The number of rotatable bonds is 6. The Balaban J connectivity index is 1.59. The second kappa shape index (κ2) is 11.2. The number of likely N-dealkylation sites (tertiary alicyclic amines) is 1. The molecule has 12 heteroatoms. The summed E-state index contributed by atoms with van der Waals surface area (Å²) in [4.78, 5) is 45.6. The molecule has 11 nitrogen and oxygen atoms in total. The zero-order chi connectivity index (χ0) is 25.8. The number of carbonyl (C=O) groups is 2. The Kier molecular flexibility index (Phi) is 8.04. The number of anilines is 2. The molecule has 2 fully saturated rings. The fraction of sp³-hybridized carbons (Fsp3) is 0.458. The van der Waals surface area contributed by atoms with Crippen molar-refractivity contribution >= 4 is 44.8 Å². The number of piperidine rings is 1. The number of nitrogens with one attached hydrogen (secondary N) is 2. The van der Waals surface area contributed by atoms with E-state index in [2.05, 4.69) is 31.5 Å². The second-order valence-electron chi connectivity index (χ2n) is 8.98. The Morgan fingerprint density at radius 1 is 1.17 bits per heavy atom. The van der Waals surface area contributed by atoms with Crippen molar-refractivity contribution in [2.45, 2.75) is 31.9 Å². The van der Waals surface area contributed by atoms with Crippen LogP contribution in [0.2, 0.25) is 0 Å². The number of carbonyl (C=O) groups excluding carboxylic acids is 2. The zero-order valence-electron chi connectivity index (χ0n) is 20.2. The Morgan fingerprint density at radius 2 is 1.94 bits per heavy atom. The van der Waals surface area contributed by atoms with Crippen LogP contribution in [0.3, 0.4) is 0 Å². The minimum absolute atomic E-state index is 0.116. The van der Waals surface area contributed by atoms with Gasteiger partial charge in [-0.1, -0.05) is 15.9 Å². The lowest BCUT2D eigenvalue weighted by atomic mass is 10.0. The monoisotopic (exact) mass is 560 g/mol. The molecule has 2 aliphatic heterocycles. The van der Waals surface area contributed by atoms with E-state index in [1.54, 1.807) is 35.2 Å². The number of ether oxygens (including phenoxy) is 1. The molecule has 192 valence electrons. The predicted octanol–water partition coefficient (Wildman–Crippen LogP) is 3.37. The number of morpholine rings is 1. The van der Waals surface area contributed by atoms with Gasteiger partial charge in [0.05, 0.1) is 34.4 Å². The maximum atomic E-state index is 13.5. The van der Waals surface area contributed by atoms with Gasteiger partial charge in [0.1, 0.15) is 5.69 Å². The molecule has 1 aromatic carbocycles. The predicted molar refractivity (Wildman–Crippen MR) is 138 cm³/mol. The van der Waals surface area contributed by atoms with Crippen LogP contribution in [-0.2, 0) is 4.74 Å². The average molecular weight is 561 g/mol. The molecule has 0 unspecified atom stereocenters. The summed E-state index contributed by atoms with van der Waals surface area (Å²) in [5, 5.41) is 18.2. The van der Waals surface area contributed by atoms with Gasteiger partial charge >= 0.3 is 0 Å². The summed E-state index contributed by atoms with van der Waals surface area (Å²) in [6.45, 7) is 4.03. The maximum Gasteiger partial charge on any atom is 0.294 e. The topological polar surface area (TPSA) is 130 Å². The van der Waals surface area contributed by atoms with E-state index < -0.39 is 4.92 Å². The molecule has 2 N–H and O–H groups in total. The molecule has 0 aliphatic carbocycles. The van der Waals surface area contributed by atoms with Crippen LogP contribution in [0.15, 0.2) is 35.1 Å². The van der Waals surface area contributed by atoms with Crippen molar-refractivity contribution < 1.29 is 19.2 Å². The number of pyridine rings is 1. The van der Waals surface area contributed by atoms with E-state index >= 15 is 0 Å². The van der Waals surface area contributed by atoms with Crippen molar-refractivity contribution in [3.63, 3.8) is 0 Å². The Hall–Kier alpha value is -3.25.